The van der Waals surface area contributed by atoms with Crippen molar-refractivity contribution < 1.29 is 9.59 Å². The highest BCUT2D eigenvalue weighted by Gasteiger charge is 2.23. The number of nitrogens with one attached hydrogen (secondary N) is 1. The third-order valence-electron chi connectivity index (χ3n) is 5.08. The summed E-state index contributed by atoms with van der Waals surface area (Å²) in [6.07, 6.45) is 1.63. The molecule has 1 heterocycles. The van der Waals surface area contributed by atoms with Gasteiger partial charge in [0, 0.05) is 38.3 Å². The number of benzene rings is 2. The van der Waals surface area contributed by atoms with E-state index in [4.69, 9.17) is 5.26 Å². The highest BCUT2D eigenvalue weighted by Crippen LogP contribution is 2.11. The van der Waals surface area contributed by atoms with E-state index in [2.05, 4.69) is 23.5 Å². The van der Waals surface area contributed by atoms with Crippen LogP contribution in [-0.2, 0) is 11.2 Å². The quantitative estimate of drug-likeness (QED) is 0.785. The lowest BCUT2D eigenvalue weighted by Crippen LogP contribution is -2.50. The molecule has 1 aliphatic rings. The fraction of sp³-hybridized carbons (Fsp3) is 0.348. The Morgan fingerprint density at radius 2 is 1.72 bits per heavy atom. The molecule has 0 aliphatic carbocycles. The summed E-state index contributed by atoms with van der Waals surface area (Å²) >= 11 is 0. The number of carbonyl (C=O) groups excluding carboxylic acids is 2. The average Bonchev–Trinajstić information content (AvgIpc) is 2.79. The molecule has 1 fully saturated rings. The number of piperazine rings is 1. The van der Waals surface area contributed by atoms with Crippen LogP contribution in [0.4, 0.5) is 0 Å². The molecule has 0 saturated carbocycles. The van der Waals surface area contributed by atoms with E-state index in [1.807, 2.05) is 23.1 Å². The lowest BCUT2D eigenvalue weighted by atomic mass is 10.1. The number of hydrogen-bond donors (Lipinski definition) is 1. The number of nitrogens with zero attached hydrogens (tertiary/aromatic N) is 3. The molecule has 0 radical (unpaired) electrons. The maximum atomic E-state index is 13.1. The molecular formula is C23H26N4O2. The minimum Gasteiger partial charge on any atom is -0.339 e. The van der Waals surface area contributed by atoms with Gasteiger partial charge in [0.25, 0.3) is 5.91 Å². The van der Waals surface area contributed by atoms with Crippen LogP contribution in [0.2, 0.25) is 0 Å². The van der Waals surface area contributed by atoms with Crippen LogP contribution in [0.1, 0.15) is 27.9 Å². The minimum absolute atomic E-state index is 0.0202. The van der Waals surface area contributed by atoms with E-state index in [-0.39, 0.29) is 18.4 Å². The van der Waals surface area contributed by atoms with Crippen molar-refractivity contribution in [3.63, 3.8) is 0 Å². The zero-order valence-corrected chi connectivity index (χ0v) is 16.5. The van der Waals surface area contributed by atoms with Crippen molar-refractivity contribution in [2.45, 2.75) is 12.8 Å². The van der Waals surface area contributed by atoms with E-state index >= 15 is 0 Å². The Morgan fingerprint density at radius 1 is 1.03 bits per heavy atom. The molecule has 2 aromatic carbocycles. The Balaban J connectivity index is 1.67. The van der Waals surface area contributed by atoms with Gasteiger partial charge in [0.05, 0.1) is 11.6 Å². The number of carbonyl (C=O) groups is 2. The van der Waals surface area contributed by atoms with Gasteiger partial charge in [-0.1, -0.05) is 30.3 Å². The summed E-state index contributed by atoms with van der Waals surface area (Å²) in [5.41, 5.74) is 2.22. The largest absolute Gasteiger partial charge is 0.339 e. The first-order valence-electron chi connectivity index (χ1n) is 9.99. The number of aryl methyl sites for hydroxylation is 1. The third-order valence-corrected chi connectivity index (χ3v) is 5.08. The van der Waals surface area contributed by atoms with E-state index in [1.54, 1.807) is 29.2 Å². The Bertz CT molecular complexity index is 853. The summed E-state index contributed by atoms with van der Waals surface area (Å²) in [5, 5.41) is 12.2. The zero-order valence-electron chi connectivity index (χ0n) is 16.5. The first-order chi connectivity index (χ1) is 14.2. The maximum absolute atomic E-state index is 13.1. The van der Waals surface area contributed by atoms with E-state index < -0.39 is 0 Å². The standard InChI is InChI=1S/C23H26N4O2/c24-17-20-8-10-21(11-9-20)23(29)27(14-4-7-19-5-2-1-3-6-19)18-22(28)26-15-12-25-13-16-26/h1-3,5-6,8-11,25H,4,7,12-16,18H2. The third kappa shape index (κ3) is 5.90. The zero-order chi connectivity index (χ0) is 20.5. The van der Waals surface area contributed by atoms with E-state index in [0.29, 0.717) is 30.8 Å². The topological polar surface area (TPSA) is 76.4 Å². The minimum atomic E-state index is -0.175. The van der Waals surface area contributed by atoms with Gasteiger partial charge in [-0.3, -0.25) is 9.59 Å². The molecule has 6 heteroatoms. The Hall–Kier alpha value is -3.17. The molecule has 1 aliphatic heterocycles. The van der Waals surface area contributed by atoms with Crippen molar-refractivity contribution in [3.05, 3.63) is 71.3 Å². The van der Waals surface area contributed by atoms with Crippen molar-refractivity contribution >= 4 is 11.8 Å². The van der Waals surface area contributed by atoms with Gasteiger partial charge in [0.1, 0.15) is 6.54 Å². The number of nitriles is 1. The van der Waals surface area contributed by atoms with E-state index in [9.17, 15) is 9.59 Å². The van der Waals surface area contributed by atoms with Gasteiger partial charge in [-0.2, -0.15) is 5.26 Å². The molecule has 3 rings (SSSR count). The van der Waals surface area contributed by atoms with Crippen LogP contribution < -0.4 is 5.32 Å². The van der Waals surface area contributed by atoms with Gasteiger partial charge >= 0.3 is 0 Å². The van der Waals surface area contributed by atoms with Crippen molar-refractivity contribution in [3.8, 4) is 6.07 Å². The van der Waals surface area contributed by atoms with Gasteiger partial charge in [-0.25, -0.2) is 0 Å². The van der Waals surface area contributed by atoms with Crippen LogP contribution in [-0.4, -0.2) is 60.9 Å². The van der Waals surface area contributed by atoms with E-state index in [0.717, 1.165) is 25.9 Å². The smallest absolute Gasteiger partial charge is 0.254 e. The molecule has 6 nitrogen and oxygen atoms in total. The first kappa shape index (κ1) is 20.6. The molecule has 2 aromatic rings. The summed E-state index contributed by atoms with van der Waals surface area (Å²) in [6, 6.07) is 18.8. The number of rotatable bonds is 7. The van der Waals surface area contributed by atoms with Crippen molar-refractivity contribution in [1.82, 2.24) is 15.1 Å². The predicted octanol–water partition coefficient (Wildman–Crippen LogP) is 2.07. The molecular weight excluding hydrogens is 364 g/mol. The number of amides is 2. The van der Waals surface area contributed by atoms with Gasteiger partial charge in [-0.05, 0) is 42.7 Å². The normalized spacial score (nSPS) is 13.6. The second kappa shape index (κ2) is 10.4. The fourth-order valence-electron chi connectivity index (χ4n) is 3.42. The molecule has 0 atom stereocenters. The molecule has 0 bridgehead atoms. The van der Waals surface area contributed by atoms with Crippen molar-refractivity contribution in [2.75, 3.05) is 39.3 Å². The Kier molecular flexibility index (Phi) is 7.37. The Labute approximate surface area is 171 Å². The molecule has 2 amide bonds. The molecule has 0 spiro atoms. The SMILES string of the molecule is N#Cc1ccc(C(=O)N(CCCc2ccccc2)CC(=O)N2CCNCC2)cc1. The van der Waals surface area contributed by atoms with Crippen LogP contribution >= 0.6 is 0 Å². The van der Waals surface area contributed by atoms with Gasteiger partial charge in [0.15, 0.2) is 0 Å². The molecule has 29 heavy (non-hydrogen) atoms. The van der Waals surface area contributed by atoms with Crippen molar-refractivity contribution in [2.24, 2.45) is 0 Å². The van der Waals surface area contributed by atoms with E-state index in [1.165, 1.54) is 5.56 Å². The monoisotopic (exact) mass is 390 g/mol. The van der Waals surface area contributed by atoms with Crippen LogP contribution in [0.3, 0.4) is 0 Å². The molecule has 1 saturated heterocycles. The maximum Gasteiger partial charge on any atom is 0.254 e. The lowest BCUT2D eigenvalue weighted by Gasteiger charge is -2.30. The van der Waals surface area contributed by atoms with Crippen LogP contribution in [0.25, 0.3) is 0 Å². The highest BCUT2D eigenvalue weighted by atomic mass is 16.2. The van der Waals surface area contributed by atoms with Gasteiger partial charge < -0.3 is 15.1 Å². The summed E-state index contributed by atoms with van der Waals surface area (Å²) in [6.45, 7) is 3.48. The molecule has 150 valence electrons. The molecule has 0 unspecified atom stereocenters. The van der Waals surface area contributed by atoms with Gasteiger partial charge in [0.2, 0.25) is 5.91 Å². The highest BCUT2D eigenvalue weighted by molar-refractivity contribution is 5.96. The summed E-state index contributed by atoms with van der Waals surface area (Å²) in [5.74, 6) is -0.195. The number of hydrogen-bond acceptors (Lipinski definition) is 4. The van der Waals surface area contributed by atoms with Gasteiger partial charge in [-0.15, -0.1) is 0 Å². The lowest BCUT2D eigenvalue weighted by molar-refractivity contribution is -0.132. The van der Waals surface area contributed by atoms with Crippen molar-refractivity contribution in [1.29, 1.82) is 5.26 Å². The first-order valence-corrected chi connectivity index (χ1v) is 9.99. The summed E-state index contributed by atoms with van der Waals surface area (Å²) in [4.78, 5) is 29.2. The van der Waals surface area contributed by atoms with Crippen LogP contribution in [0, 0.1) is 11.3 Å². The molecule has 1 N–H and O–H groups in total. The summed E-state index contributed by atoms with van der Waals surface area (Å²) < 4.78 is 0. The second-order valence-corrected chi connectivity index (χ2v) is 7.14. The van der Waals surface area contributed by atoms with Crippen LogP contribution in [0.5, 0.6) is 0 Å². The summed E-state index contributed by atoms with van der Waals surface area (Å²) in [7, 11) is 0. The van der Waals surface area contributed by atoms with Crippen LogP contribution in [0.15, 0.2) is 54.6 Å². The average molecular weight is 390 g/mol. The second-order valence-electron chi connectivity index (χ2n) is 7.14. The Morgan fingerprint density at radius 3 is 2.38 bits per heavy atom. The molecule has 0 aromatic heterocycles. The predicted molar refractivity (Wildman–Crippen MR) is 111 cm³/mol. The fourth-order valence-corrected chi connectivity index (χ4v) is 3.42.